The van der Waals surface area contributed by atoms with Crippen molar-refractivity contribution in [3.05, 3.63) is 0 Å². The number of aliphatic hydroxyl groups excluding tert-OH is 1. The normalized spacial score (nSPS) is 12.4. The summed E-state index contributed by atoms with van der Waals surface area (Å²) >= 11 is 1.28. The van der Waals surface area contributed by atoms with Gasteiger partial charge in [0.2, 0.25) is 0 Å². The zero-order chi connectivity index (χ0) is 12.0. The highest BCUT2D eigenvalue weighted by molar-refractivity contribution is 7.11. The average molecular weight is 245 g/mol. The molecule has 4 N–H and O–H groups in total. The molecule has 0 amide bonds. The number of hydrogen-bond donors (Lipinski definition) is 3. The van der Waals surface area contributed by atoms with Gasteiger partial charge in [-0.25, -0.2) is 0 Å². The van der Waals surface area contributed by atoms with Gasteiger partial charge >= 0.3 is 0 Å². The van der Waals surface area contributed by atoms with Crippen LogP contribution in [0.15, 0.2) is 0 Å². The molecular weight excluding hydrogens is 226 g/mol. The topological polar surface area (TPSA) is 80.4 Å². The molecule has 1 atom stereocenters. The third-order valence-electron chi connectivity index (χ3n) is 2.20. The summed E-state index contributed by atoms with van der Waals surface area (Å²) in [4.78, 5) is 0. The minimum absolute atomic E-state index is 0.256. The first-order valence-corrected chi connectivity index (χ1v) is 6.26. The Balaban J connectivity index is 2.47. The van der Waals surface area contributed by atoms with Crippen LogP contribution in [0.5, 0.6) is 5.75 Å². The molecule has 0 aliphatic carbocycles. The first-order valence-electron chi connectivity index (χ1n) is 5.48. The van der Waals surface area contributed by atoms with Crippen molar-refractivity contribution >= 4 is 22.4 Å². The lowest BCUT2D eigenvalue weighted by molar-refractivity contribution is 0.164. The van der Waals surface area contributed by atoms with E-state index in [-0.39, 0.29) is 6.10 Å². The van der Waals surface area contributed by atoms with Crippen LogP contribution in [0.1, 0.15) is 26.7 Å². The third kappa shape index (κ3) is 3.53. The highest BCUT2D eigenvalue weighted by Crippen LogP contribution is 2.34. The lowest BCUT2D eigenvalue weighted by Crippen LogP contribution is -2.12. The van der Waals surface area contributed by atoms with Gasteiger partial charge in [-0.2, -0.15) is 4.37 Å². The summed E-state index contributed by atoms with van der Waals surface area (Å²) in [5, 5.41) is 13.4. The van der Waals surface area contributed by atoms with Gasteiger partial charge in [-0.3, -0.25) is 0 Å². The SMILES string of the molecule is CCOc1c(N)nsc1NCCC(O)CC. The average Bonchev–Trinajstić information content (AvgIpc) is 2.62. The molecule has 1 aromatic rings. The molecule has 0 aliphatic rings. The first-order chi connectivity index (χ1) is 7.69. The molecule has 5 nitrogen and oxygen atoms in total. The standard InChI is InChI=1S/C10H19N3O2S/c1-3-7(14)5-6-12-10-8(15-4-2)9(11)13-16-10/h7,12,14H,3-6H2,1-2H3,(H2,11,13). The maximum atomic E-state index is 9.41. The van der Waals surface area contributed by atoms with Crippen LogP contribution in [-0.4, -0.2) is 28.7 Å². The van der Waals surface area contributed by atoms with Crippen molar-refractivity contribution in [1.82, 2.24) is 4.37 Å². The Labute approximate surface area is 99.8 Å². The second-order valence-corrected chi connectivity index (χ2v) is 4.21. The summed E-state index contributed by atoms with van der Waals surface area (Å²) in [6.45, 7) is 5.12. The molecule has 0 aromatic carbocycles. The molecule has 0 fully saturated rings. The number of rotatable bonds is 7. The van der Waals surface area contributed by atoms with Gasteiger partial charge in [0.25, 0.3) is 0 Å². The minimum Gasteiger partial charge on any atom is -0.487 e. The Bertz CT molecular complexity index is 317. The summed E-state index contributed by atoms with van der Waals surface area (Å²) in [5.41, 5.74) is 5.67. The van der Waals surface area contributed by atoms with Gasteiger partial charge in [0.05, 0.1) is 12.7 Å². The van der Waals surface area contributed by atoms with Gasteiger partial charge in [-0.1, -0.05) is 6.92 Å². The molecule has 0 radical (unpaired) electrons. The molecule has 0 bridgehead atoms. The molecule has 1 unspecified atom stereocenters. The molecule has 0 aliphatic heterocycles. The fourth-order valence-corrected chi connectivity index (χ4v) is 1.93. The molecule has 1 heterocycles. The monoisotopic (exact) mass is 245 g/mol. The molecular formula is C10H19N3O2S. The first kappa shape index (κ1) is 13.1. The molecule has 1 aromatic heterocycles. The third-order valence-corrected chi connectivity index (χ3v) is 3.00. The number of ether oxygens (including phenoxy) is 1. The number of nitrogens with one attached hydrogen (secondary N) is 1. The van der Waals surface area contributed by atoms with E-state index >= 15 is 0 Å². The summed E-state index contributed by atoms with van der Waals surface area (Å²) in [6.07, 6.45) is 1.22. The smallest absolute Gasteiger partial charge is 0.197 e. The van der Waals surface area contributed by atoms with E-state index in [4.69, 9.17) is 10.5 Å². The summed E-state index contributed by atoms with van der Waals surface area (Å²) < 4.78 is 9.41. The number of hydrogen-bond acceptors (Lipinski definition) is 6. The fourth-order valence-electron chi connectivity index (χ4n) is 1.25. The minimum atomic E-state index is -0.256. The lowest BCUT2D eigenvalue weighted by Gasteiger charge is -2.09. The van der Waals surface area contributed by atoms with Crippen LogP contribution < -0.4 is 15.8 Å². The molecule has 6 heteroatoms. The van der Waals surface area contributed by atoms with Crippen molar-refractivity contribution in [2.24, 2.45) is 0 Å². The van der Waals surface area contributed by atoms with Crippen LogP contribution in [0.4, 0.5) is 10.8 Å². The van der Waals surface area contributed by atoms with E-state index in [1.54, 1.807) is 0 Å². The van der Waals surface area contributed by atoms with Crippen LogP contribution in [0, 0.1) is 0 Å². The van der Waals surface area contributed by atoms with Crippen LogP contribution in [0.3, 0.4) is 0 Å². The Hall–Kier alpha value is -1.01. The predicted molar refractivity (Wildman–Crippen MR) is 67.1 cm³/mol. The van der Waals surface area contributed by atoms with Crippen LogP contribution in [0.2, 0.25) is 0 Å². The molecule has 0 spiro atoms. The summed E-state index contributed by atoms with van der Waals surface area (Å²) in [5.74, 6) is 1.05. The Kier molecular flexibility index (Phi) is 5.34. The number of nitrogens with two attached hydrogens (primary N) is 1. The van der Waals surface area contributed by atoms with Gasteiger partial charge in [0, 0.05) is 6.54 Å². The molecule has 1 rings (SSSR count). The Morgan fingerprint density at radius 3 is 2.94 bits per heavy atom. The van der Waals surface area contributed by atoms with Crippen LogP contribution >= 0.6 is 11.5 Å². The van der Waals surface area contributed by atoms with Crippen LogP contribution in [0.25, 0.3) is 0 Å². The van der Waals surface area contributed by atoms with E-state index in [9.17, 15) is 5.11 Å². The number of anilines is 2. The Morgan fingerprint density at radius 1 is 1.56 bits per heavy atom. The van der Waals surface area contributed by atoms with Crippen molar-refractivity contribution in [2.75, 3.05) is 24.2 Å². The highest BCUT2D eigenvalue weighted by atomic mass is 32.1. The second-order valence-electron chi connectivity index (χ2n) is 3.44. The number of aliphatic hydroxyl groups is 1. The van der Waals surface area contributed by atoms with Gasteiger partial charge in [-0.15, -0.1) is 0 Å². The van der Waals surface area contributed by atoms with Gasteiger partial charge < -0.3 is 20.9 Å². The van der Waals surface area contributed by atoms with E-state index in [1.807, 2.05) is 13.8 Å². The molecule has 0 saturated carbocycles. The number of nitrogens with zero attached hydrogens (tertiary/aromatic N) is 1. The van der Waals surface area contributed by atoms with Crippen LogP contribution in [-0.2, 0) is 0 Å². The van der Waals surface area contributed by atoms with Crippen molar-refractivity contribution in [3.63, 3.8) is 0 Å². The van der Waals surface area contributed by atoms with Gasteiger partial charge in [0.1, 0.15) is 0 Å². The molecule has 0 saturated heterocycles. The van der Waals surface area contributed by atoms with E-state index < -0.39 is 0 Å². The van der Waals surface area contributed by atoms with Crippen molar-refractivity contribution in [3.8, 4) is 5.75 Å². The van der Waals surface area contributed by atoms with Crippen molar-refractivity contribution in [2.45, 2.75) is 32.8 Å². The van der Waals surface area contributed by atoms with Crippen molar-refractivity contribution in [1.29, 1.82) is 0 Å². The van der Waals surface area contributed by atoms with E-state index in [0.29, 0.717) is 31.1 Å². The van der Waals surface area contributed by atoms with Gasteiger partial charge in [-0.05, 0) is 31.3 Å². The largest absolute Gasteiger partial charge is 0.487 e. The van der Waals surface area contributed by atoms with E-state index in [0.717, 1.165) is 11.4 Å². The second kappa shape index (κ2) is 6.55. The lowest BCUT2D eigenvalue weighted by atomic mass is 10.2. The fraction of sp³-hybridized carbons (Fsp3) is 0.700. The number of aromatic nitrogens is 1. The summed E-state index contributed by atoms with van der Waals surface area (Å²) in [7, 11) is 0. The predicted octanol–water partition coefficient (Wildman–Crippen LogP) is 1.70. The maximum Gasteiger partial charge on any atom is 0.197 e. The molecule has 16 heavy (non-hydrogen) atoms. The zero-order valence-corrected chi connectivity index (χ0v) is 10.5. The maximum absolute atomic E-state index is 9.41. The summed E-state index contributed by atoms with van der Waals surface area (Å²) in [6, 6.07) is 0. The van der Waals surface area contributed by atoms with Gasteiger partial charge in [0.15, 0.2) is 16.6 Å². The quantitative estimate of drug-likeness (QED) is 0.681. The number of nitrogen functional groups attached to an aromatic ring is 1. The van der Waals surface area contributed by atoms with E-state index in [1.165, 1.54) is 11.5 Å². The zero-order valence-electron chi connectivity index (χ0n) is 9.69. The Morgan fingerprint density at radius 2 is 2.31 bits per heavy atom. The highest BCUT2D eigenvalue weighted by Gasteiger charge is 2.12. The van der Waals surface area contributed by atoms with E-state index in [2.05, 4.69) is 9.69 Å². The van der Waals surface area contributed by atoms with Crippen molar-refractivity contribution < 1.29 is 9.84 Å². The molecule has 92 valence electrons.